The van der Waals surface area contributed by atoms with E-state index in [1.807, 2.05) is 6.92 Å². The van der Waals surface area contributed by atoms with Crippen LogP contribution in [0.3, 0.4) is 0 Å². The Morgan fingerprint density at radius 3 is 2.44 bits per heavy atom. The van der Waals surface area contributed by atoms with Crippen LogP contribution >= 0.6 is 0 Å². The number of hydrogen-bond acceptors (Lipinski definition) is 2. The minimum absolute atomic E-state index is 0.0675. The fourth-order valence-corrected chi connectivity index (χ4v) is 8.51. The third-order valence-electron chi connectivity index (χ3n) is 9.85. The zero-order chi connectivity index (χ0) is 18.0. The molecule has 0 aromatic rings. The number of hydrogen-bond donors (Lipinski definition) is 1. The molecule has 142 valence electrons. The van der Waals surface area contributed by atoms with Crippen molar-refractivity contribution in [3.05, 3.63) is 0 Å². The van der Waals surface area contributed by atoms with Crippen molar-refractivity contribution in [3.8, 4) is 0 Å². The van der Waals surface area contributed by atoms with Crippen LogP contribution in [-0.4, -0.2) is 17.0 Å². The topological polar surface area (TPSA) is 37.3 Å². The van der Waals surface area contributed by atoms with E-state index in [2.05, 4.69) is 20.8 Å². The van der Waals surface area contributed by atoms with E-state index in [1.54, 1.807) is 0 Å². The fourth-order valence-electron chi connectivity index (χ4n) is 8.51. The van der Waals surface area contributed by atoms with Crippen LogP contribution in [0.2, 0.25) is 0 Å². The first-order valence-corrected chi connectivity index (χ1v) is 11.0. The highest BCUT2D eigenvalue weighted by molar-refractivity contribution is 5.79. The molecule has 0 unspecified atom stereocenters. The van der Waals surface area contributed by atoms with Crippen molar-refractivity contribution >= 4 is 5.78 Å². The Bertz CT molecular complexity index is 542. The van der Waals surface area contributed by atoms with Gasteiger partial charge in [-0.15, -0.1) is 0 Å². The van der Waals surface area contributed by atoms with Crippen molar-refractivity contribution in [2.24, 2.45) is 46.3 Å². The molecular weight excluding hydrogens is 308 g/mol. The summed E-state index contributed by atoms with van der Waals surface area (Å²) >= 11 is 0. The maximum absolute atomic E-state index is 12.2. The SMILES string of the molecule is CC[C@@H]1C[C@@]2(C)[C@@H](CC[C@@H]3[C@@H]2CC[C@]2(C)[C@@H](C(C)=O)CC[C@@H]32)C[C@@H]1O. The summed E-state index contributed by atoms with van der Waals surface area (Å²) in [4.78, 5) is 12.2. The van der Waals surface area contributed by atoms with E-state index in [4.69, 9.17) is 0 Å². The van der Waals surface area contributed by atoms with Gasteiger partial charge in [-0.05, 0) is 98.7 Å². The van der Waals surface area contributed by atoms with Crippen LogP contribution in [0.5, 0.6) is 0 Å². The number of rotatable bonds is 2. The number of fused-ring (bicyclic) bond motifs is 5. The van der Waals surface area contributed by atoms with E-state index in [9.17, 15) is 9.90 Å². The molecule has 4 aliphatic rings. The van der Waals surface area contributed by atoms with Crippen molar-refractivity contribution in [1.82, 2.24) is 0 Å². The fraction of sp³-hybridized carbons (Fsp3) is 0.957. The molecule has 4 fully saturated rings. The van der Waals surface area contributed by atoms with Crippen LogP contribution in [-0.2, 0) is 4.79 Å². The number of carbonyl (C=O) groups excluding carboxylic acids is 1. The summed E-state index contributed by atoms with van der Waals surface area (Å²) in [6.45, 7) is 9.10. The molecule has 0 aromatic heterocycles. The van der Waals surface area contributed by atoms with Gasteiger partial charge in [0.25, 0.3) is 0 Å². The van der Waals surface area contributed by atoms with E-state index in [0.29, 0.717) is 23.0 Å². The summed E-state index contributed by atoms with van der Waals surface area (Å²) in [5, 5.41) is 10.6. The summed E-state index contributed by atoms with van der Waals surface area (Å²) in [6, 6.07) is 0. The number of Topliss-reactive ketones (excluding diaryl/α,β-unsaturated/α-hetero) is 1. The van der Waals surface area contributed by atoms with Crippen molar-refractivity contribution in [1.29, 1.82) is 0 Å². The molecule has 25 heavy (non-hydrogen) atoms. The zero-order valence-corrected chi connectivity index (χ0v) is 16.8. The molecule has 2 nitrogen and oxygen atoms in total. The van der Waals surface area contributed by atoms with Crippen molar-refractivity contribution in [3.63, 3.8) is 0 Å². The minimum Gasteiger partial charge on any atom is -0.393 e. The Hall–Kier alpha value is -0.370. The molecule has 4 saturated carbocycles. The van der Waals surface area contributed by atoms with Gasteiger partial charge < -0.3 is 5.11 Å². The molecule has 0 saturated heterocycles. The molecule has 0 bridgehead atoms. The molecule has 4 rings (SSSR count). The summed E-state index contributed by atoms with van der Waals surface area (Å²) in [5.41, 5.74) is 0.701. The second-order valence-corrected chi connectivity index (χ2v) is 10.6. The predicted molar refractivity (Wildman–Crippen MR) is 101 cm³/mol. The summed E-state index contributed by atoms with van der Waals surface area (Å²) < 4.78 is 0. The summed E-state index contributed by atoms with van der Waals surface area (Å²) in [6.07, 6.45) is 11.0. The number of aliphatic hydroxyl groups is 1. The molecule has 2 heteroatoms. The van der Waals surface area contributed by atoms with Gasteiger partial charge in [0, 0.05) is 5.92 Å². The zero-order valence-electron chi connectivity index (χ0n) is 16.8. The molecule has 0 amide bonds. The minimum atomic E-state index is -0.0675. The third kappa shape index (κ3) is 2.49. The largest absolute Gasteiger partial charge is 0.393 e. The number of ketones is 1. The van der Waals surface area contributed by atoms with Gasteiger partial charge in [0.05, 0.1) is 6.10 Å². The summed E-state index contributed by atoms with van der Waals surface area (Å²) in [7, 11) is 0. The quantitative estimate of drug-likeness (QED) is 0.743. The van der Waals surface area contributed by atoms with Gasteiger partial charge >= 0.3 is 0 Å². The first-order valence-electron chi connectivity index (χ1n) is 11.0. The van der Waals surface area contributed by atoms with E-state index in [1.165, 1.54) is 38.5 Å². The Morgan fingerprint density at radius 1 is 1.04 bits per heavy atom. The predicted octanol–water partition coefficient (Wildman–Crippen LogP) is 5.23. The smallest absolute Gasteiger partial charge is 0.133 e. The Morgan fingerprint density at radius 2 is 1.76 bits per heavy atom. The lowest BCUT2D eigenvalue weighted by molar-refractivity contribution is -0.147. The van der Waals surface area contributed by atoms with Crippen LogP contribution < -0.4 is 0 Å². The Balaban J connectivity index is 1.62. The maximum Gasteiger partial charge on any atom is 0.133 e. The van der Waals surface area contributed by atoms with Crippen molar-refractivity contribution in [2.75, 3.05) is 0 Å². The molecule has 4 aliphatic carbocycles. The van der Waals surface area contributed by atoms with Gasteiger partial charge in [0.15, 0.2) is 0 Å². The van der Waals surface area contributed by atoms with Gasteiger partial charge in [0.2, 0.25) is 0 Å². The van der Waals surface area contributed by atoms with Gasteiger partial charge in [0.1, 0.15) is 5.78 Å². The van der Waals surface area contributed by atoms with E-state index in [0.717, 1.165) is 42.9 Å². The lowest BCUT2D eigenvalue weighted by atomic mass is 9.43. The normalized spacial score (nSPS) is 55.2. The molecular formula is C23H38O2. The van der Waals surface area contributed by atoms with Crippen LogP contribution in [0.1, 0.15) is 85.5 Å². The van der Waals surface area contributed by atoms with Crippen LogP contribution in [0.15, 0.2) is 0 Å². The molecule has 1 N–H and O–H groups in total. The van der Waals surface area contributed by atoms with Crippen molar-refractivity contribution < 1.29 is 9.90 Å². The molecule has 9 atom stereocenters. The van der Waals surface area contributed by atoms with E-state index in [-0.39, 0.29) is 11.5 Å². The Labute approximate surface area is 154 Å². The van der Waals surface area contributed by atoms with Gasteiger partial charge in [-0.25, -0.2) is 0 Å². The second-order valence-electron chi connectivity index (χ2n) is 10.6. The Kier molecular flexibility index (Phi) is 4.38. The standard InChI is InChI=1S/C23H38O2/c1-5-15-13-23(4)16(12-21(15)25)6-7-17-19-9-8-18(14(2)24)22(19,3)11-10-20(17)23/h15-21,25H,5-13H2,1-4H3/t15-,16+,17+,18-,19+,20+,21+,22-,23+/m1/s1. The van der Waals surface area contributed by atoms with E-state index >= 15 is 0 Å². The molecule has 0 aromatic carbocycles. The highest BCUT2D eigenvalue weighted by atomic mass is 16.3. The molecule has 0 radical (unpaired) electrons. The first-order chi connectivity index (χ1) is 11.8. The lowest BCUT2D eigenvalue weighted by Crippen LogP contribution is -2.55. The molecule has 0 spiro atoms. The number of carbonyl (C=O) groups is 1. The molecule has 0 aliphatic heterocycles. The van der Waals surface area contributed by atoms with Gasteiger partial charge in [-0.1, -0.05) is 27.2 Å². The second kappa shape index (κ2) is 6.08. The maximum atomic E-state index is 12.2. The lowest BCUT2D eigenvalue weighted by Gasteiger charge is -2.62. The number of aliphatic hydroxyl groups excluding tert-OH is 1. The highest BCUT2D eigenvalue weighted by Gasteiger charge is 2.61. The van der Waals surface area contributed by atoms with Crippen LogP contribution in [0.4, 0.5) is 0 Å². The average molecular weight is 347 g/mol. The van der Waals surface area contributed by atoms with Crippen LogP contribution in [0.25, 0.3) is 0 Å². The van der Waals surface area contributed by atoms with E-state index < -0.39 is 0 Å². The molecule has 0 heterocycles. The highest BCUT2D eigenvalue weighted by Crippen LogP contribution is 2.68. The van der Waals surface area contributed by atoms with Crippen molar-refractivity contribution in [2.45, 2.75) is 91.6 Å². The summed E-state index contributed by atoms with van der Waals surface area (Å²) in [5.74, 6) is 4.41. The monoisotopic (exact) mass is 346 g/mol. The average Bonchev–Trinajstić information content (AvgIpc) is 2.92. The van der Waals surface area contributed by atoms with Crippen LogP contribution in [0, 0.1) is 46.3 Å². The van der Waals surface area contributed by atoms with Gasteiger partial charge in [-0.3, -0.25) is 4.79 Å². The van der Waals surface area contributed by atoms with Gasteiger partial charge in [-0.2, -0.15) is 0 Å². The third-order valence-corrected chi connectivity index (χ3v) is 9.85. The first kappa shape index (κ1) is 18.0.